The quantitative estimate of drug-likeness (QED) is 0.633. The molecule has 0 radical (unpaired) electrons. The fourth-order valence-electron chi connectivity index (χ4n) is 2.65. The van der Waals surface area contributed by atoms with Crippen LogP contribution in [0.25, 0.3) is 0 Å². The molecular formula is C20H26N4O3S. The molecule has 0 heterocycles. The Labute approximate surface area is 166 Å². The molecule has 1 aliphatic rings. The number of nitrogens with zero attached hydrogens (tertiary/aromatic N) is 1. The number of amides is 2. The summed E-state index contributed by atoms with van der Waals surface area (Å²) in [5, 5.41) is 5.51. The smallest absolute Gasteiger partial charge is 0.319 e. The number of carbonyl (C=O) groups is 1. The largest absolute Gasteiger partial charge is 0.378 e. The molecule has 0 atom stereocenters. The third kappa shape index (κ3) is 5.71. The van der Waals surface area contributed by atoms with Gasteiger partial charge in [0.05, 0.1) is 4.90 Å². The molecule has 0 spiro atoms. The summed E-state index contributed by atoms with van der Waals surface area (Å²) in [5.74, 6) is 0.470. The van der Waals surface area contributed by atoms with Gasteiger partial charge >= 0.3 is 6.03 Å². The highest BCUT2D eigenvalue weighted by Gasteiger charge is 2.24. The van der Waals surface area contributed by atoms with Gasteiger partial charge in [0.15, 0.2) is 0 Å². The van der Waals surface area contributed by atoms with Crippen LogP contribution in [0, 0.1) is 5.92 Å². The predicted octanol–water partition coefficient (Wildman–Crippen LogP) is 2.76. The molecule has 0 bridgehead atoms. The van der Waals surface area contributed by atoms with Crippen LogP contribution in [-0.2, 0) is 16.6 Å². The van der Waals surface area contributed by atoms with Gasteiger partial charge in [-0.15, -0.1) is 0 Å². The summed E-state index contributed by atoms with van der Waals surface area (Å²) >= 11 is 0. The summed E-state index contributed by atoms with van der Waals surface area (Å²) < 4.78 is 27.1. The van der Waals surface area contributed by atoms with E-state index >= 15 is 0 Å². The van der Waals surface area contributed by atoms with E-state index in [1.54, 1.807) is 12.1 Å². The van der Waals surface area contributed by atoms with Crippen LogP contribution < -0.4 is 20.3 Å². The number of anilines is 2. The first-order chi connectivity index (χ1) is 13.3. The van der Waals surface area contributed by atoms with Crippen LogP contribution in [-0.4, -0.2) is 35.1 Å². The van der Waals surface area contributed by atoms with Gasteiger partial charge in [-0.25, -0.2) is 17.9 Å². The second-order valence-electron chi connectivity index (χ2n) is 7.19. The Morgan fingerprint density at radius 3 is 2.46 bits per heavy atom. The number of nitrogens with one attached hydrogen (secondary N) is 3. The van der Waals surface area contributed by atoms with Crippen molar-refractivity contribution in [1.29, 1.82) is 0 Å². The minimum atomic E-state index is -3.50. The molecule has 0 unspecified atom stereocenters. The van der Waals surface area contributed by atoms with Crippen LogP contribution in [0.5, 0.6) is 0 Å². The van der Waals surface area contributed by atoms with Gasteiger partial charge in [-0.05, 0) is 60.7 Å². The average Bonchev–Trinajstić information content (AvgIpc) is 3.50. The van der Waals surface area contributed by atoms with Crippen molar-refractivity contribution >= 4 is 27.4 Å². The first kappa shape index (κ1) is 20.2. The standard InChI is InChI=1S/C20H26N4O3S/c1-24(2)18-5-3-4-16(12-18)13-21-20(25)23-17-8-10-19(11-9-17)28(26,27)22-14-15-6-7-15/h3-5,8-12,15,22H,6-7,13-14H2,1-2H3,(H2,21,23,25). The van der Waals surface area contributed by atoms with E-state index in [9.17, 15) is 13.2 Å². The van der Waals surface area contributed by atoms with E-state index in [1.165, 1.54) is 12.1 Å². The zero-order chi connectivity index (χ0) is 20.1. The second-order valence-corrected chi connectivity index (χ2v) is 8.96. The minimum absolute atomic E-state index is 0.194. The highest BCUT2D eigenvalue weighted by Crippen LogP contribution is 2.28. The molecule has 1 aliphatic carbocycles. The monoisotopic (exact) mass is 402 g/mol. The van der Waals surface area contributed by atoms with Gasteiger partial charge in [-0.2, -0.15) is 0 Å². The van der Waals surface area contributed by atoms with E-state index in [2.05, 4.69) is 15.4 Å². The minimum Gasteiger partial charge on any atom is -0.378 e. The maximum Gasteiger partial charge on any atom is 0.319 e. The van der Waals surface area contributed by atoms with E-state index in [4.69, 9.17) is 0 Å². The highest BCUT2D eigenvalue weighted by molar-refractivity contribution is 7.89. The van der Waals surface area contributed by atoms with Crippen molar-refractivity contribution in [3.05, 3.63) is 54.1 Å². The molecule has 8 heteroatoms. The predicted molar refractivity (Wildman–Crippen MR) is 111 cm³/mol. The lowest BCUT2D eigenvalue weighted by atomic mass is 10.2. The topological polar surface area (TPSA) is 90.5 Å². The Hall–Kier alpha value is -2.58. The average molecular weight is 403 g/mol. The van der Waals surface area contributed by atoms with Gasteiger partial charge in [-0.3, -0.25) is 0 Å². The van der Waals surface area contributed by atoms with Crippen molar-refractivity contribution in [3.8, 4) is 0 Å². The Kier molecular flexibility index (Phi) is 6.21. The molecule has 7 nitrogen and oxygen atoms in total. The van der Waals surface area contributed by atoms with E-state index in [1.807, 2.05) is 43.3 Å². The lowest BCUT2D eigenvalue weighted by Gasteiger charge is -2.14. The van der Waals surface area contributed by atoms with Crippen LogP contribution in [0.3, 0.4) is 0 Å². The first-order valence-corrected chi connectivity index (χ1v) is 10.7. The van der Waals surface area contributed by atoms with Crippen molar-refractivity contribution in [2.45, 2.75) is 24.3 Å². The first-order valence-electron chi connectivity index (χ1n) is 9.24. The Balaban J connectivity index is 1.52. The molecule has 3 N–H and O–H groups in total. The zero-order valence-corrected chi connectivity index (χ0v) is 16.9. The summed E-state index contributed by atoms with van der Waals surface area (Å²) in [4.78, 5) is 14.3. The number of hydrogen-bond donors (Lipinski definition) is 3. The van der Waals surface area contributed by atoms with Gasteiger partial charge in [-0.1, -0.05) is 12.1 Å². The Morgan fingerprint density at radius 2 is 1.82 bits per heavy atom. The number of benzene rings is 2. The molecule has 2 aromatic carbocycles. The molecule has 1 saturated carbocycles. The highest BCUT2D eigenvalue weighted by atomic mass is 32.2. The Morgan fingerprint density at radius 1 is 1.11 bits per heavy atom. The van der Waals surface area contributed by atoms with Crippen LogP contribution in [0.1, 0.15) is 18.4 Å². The molecule has 0 saturated heterocycles. The van der Waals surface area contributed by atoms with Crippen molar-refractivity contribution in [3.63, 3.8) is 0 Å². The fourth-order valence-corrected chi connectivity index (χ4v) is 3.77. The number of sulfonamides is 1. The maximum atomic E-state index is 12.2. The SMILES string of the molecule is CN(C)c1cccc(CNC(=O)Nc2ccc(S(=O)(=O)NCC3CC3)cc2)c1. The molecule has 28 heavy (non-hydrogen) atoms. The van der Waals surface area contributed by atoms with Crippen molar-refractivity contribution < 1.29 is 13.2 Å². The van der Waals surface area contributed by atoms with Crippen molar-refractivity contribution in [1.82, 2.24) is 10.0 Å². The maximum absolute atomic E-state index is 12.2. The molecule has 1 fully saturated rings. The van der Waals surface area contributed by atoms with E-state index in [0.717, 1.165) is 24.1 Å². The third-order valence-electron chi connectivity index (χ3n) is 4.56. The fraction of sp³-hybridized carbons (Fsp3) is 0.350. The normalized spacial score (nSPS) is 13.8. The summed E-state index contributed by atoms with van der Waals surface area (Å²) in [6.07, 6.45) is 2.17. The number of urea groups is 1. The van der Waals surface area contributed by atoms with Crippen LogP contribution in [0.2, 0.25) is 0 Å². The van der Waals surface area contributed by atoms with Crippen LogP contribution >= 0.6 is 0 Å². The molecule has 150 valence electrons. The van der Waals surface area contributed by atoms with Gasteiger partial charge in [0.1, 0.15) is 0 Å². The zero-order valence-electron chi connectivity index (χ0n) is 16.1. The second kappa shape index (κ2) is 8.62. The van der Waals surface area contributed by atoms with Crippen LogP contribution in [0.4, 0.5) is 16.2 Å². The lowest BCUT2D eigenvalue weighted by Crippen LogP contribution is -2.28. The molecule has 2 aromatic rings. The molecule has 3 rings (SSSR count). The number of hydrogen-bond acceptors (Lipinski definition) is 4. The van der Waals surface area contributed by atoms with Crippen LogP contribution in [0.15, 0.2) is 53.4 Å². The molecule has 2 amide bonds. The van der Waals surface area contributed by atoms with Crippen molar-refractivity contribution in [2.24, 2.45) is 5.92 Å². The van der Waals surface area contributed by atoms with E-state index < -0.39 is 10.0 Å². The molecule has 0 aliphatic heterocycles. The summed E-state index contributed by atoms with van der Waals surface area (Å²) in [6, 6.07) is 13.7. The summed E-state index contributed by atoms with van der Waals surface area (Å²) in [7, 11) is 0.425. The lowest BCUT2D eigenvalue weighted by molar-refractivity contribution is 0.251. The van der Waals surface area contributed by atoms with Crippen molar-refractivity contribution in [2.75, 3.05) is 30.9 Å². The third-order valence-corrected chi connectivity index (χ3v) is 6.00. The molecule has 0 aromatic heterocycles. The van der Waals surface area contributed by atoms with Gasteiger partial charge in [0, 0.05) is 38.6 Å². The number of carbonyl (C=O) groups excluding carboxylic acids is 1. The Bertz CT molecular complexity index is 923. The number of rotatable bonds is 8. The van der Waals surface area contributed by atoms with Gasteiger partial charge in [0.2, 0.25) is 10.0 Å². The summed E-state index contributed by atoms with van der Waals surface area (Å²) in [5.41, 5.74) is 2.58. The van der Waals surface area contributed by atoms with E-state index in [0.29, 0.717) is 24.7 Å². The van der Waals surface area contributed by atoms with E-state index in [-0.39, 0.29) is 10.9 Å². The van der Waals surface area contributed by atoms with Gasteiger partial charge in [0.25, 0.3) is 0 Å². The summed E-state index contributed by atoms with van der Waals surface area (Å²) in [6.45, 7) is 0.880. The van der Waals surface area contributed by atoms with Gasteiger partial charge < -0.3 is 15.5 Å². The molecular weight excluding hydrogens is 376 g/mol.